The van der Waals surface area contributed by atoms with E-state index in [4.69, 9.17) is 0 Å². The maximum atomic E-state index is 13.7. The van der Waals surface area contributed by atoms with Crippen LogP contribution >= 0.6 is 15.9 Å². The number of carbonyl (C=O) groups excluding carboxylic acids is 1. The van der Waals surface area contributed by atoms with Crippen LogP contribution in [0.15, 0.2) is 16.6 Å². The quantitative estimate of drug-likeness (QED) is 0.683. The minimum absolute atomic E-state index is 0.0783. The highest BCUT2D eigenvalue weighted by molar-refractivity contribution is 9.10. The number of hydrogen-bond donors (Lipinski definition) is 1. The molecule has 0 aliphatic carbocycles. The van der Waals surface area contributed by atoms with Crippen LogP contribution < -0.4 is 5.32 Å². The van der Waals surface area contributed by atoms with Gasteiger partial charge in [0.25, 0.3) is 0 Å². The molecule has 0 atom stereocenters. The van der Waals surface area contributed by atoms with E-state index in [1.807, 2.05) is 6.92 Å². The van der Waals surface area contributed by atoms with Gasteiger partial charge in [0.1, 0.15) is 5.82 Å². The Kier molecular flexibility index (Phi) is 4.38. The van der Waals surface area contributed by atoms with Gasteiger partial charge in [0.2, 0.25) is 0 Å². The lowest BCUT2D eigenvalue weighted by atomic mass is 9.92. The molecule has 5 heteroatoms. The largest absolute Gasteiger partial charge is 0.305 e. The first kappa shape index (κ1) is 14.3. The van der Waals surface area contributed by atoms with Crippen LogP contribution in [0.3, 0.4) is 0 Å². The summed E-state index contributed by atoms with van der Waals surface area (Å²) in [6.07, 6.45) is 0. The first-order valence-corrected chi connectivity index (χ1v) is 6.04. The molecule has 1 aromatic carbocycles. The fourth-order valence-corrected chi connectivity index (χ4v) is 1.90. The molecule has 0 aliphatic heterocycles. The Balaban J connectivity index is 3.26. The summed E-state index contributed by atoms with van der Waals surface area (Å²) in [5, 5.41) is 2.90. The molecule has 0 amide bonds. The number of likely N-dealkylation sites (N-methyl/N-ethyl adjacent to an activating group) is 1. The second kappa shape index (κ2) is 5.23. The summed E-state index contributed by atoms with van der Waals surface area (Å²) in [5.41, 5.74) is -1.51. The van der Waals surface area contributed by atoms with Gasteiger partial charge in [0, 0.05) is 0 Å². The van der Waals surface area contributed by atoms with Crippen molar-refractivity contribution in [3.05, 3.63) is 33.8 Å². The Labute approximate surface area is 108 Å². The molecular weight excluding hydrogens is 292 g/mol. The summed E-state index contributed by atoms with van der Waals surface area (Å²) in [5.74, 6) is -2.31. The zero-order chi connectivity index (χ0) is 13.2. The number of nitrogens with one attached hydrogen (secondary N) is 1. The van der Waals surface area contributed by atoms with E-state index in [0.29, 0.717) is 6.54 Å². The number of rotatable bonds is 4. The van der Waals surface area contributed by atoms with Crippen molar-refractivity contribution >= 4 is 21.7 Å². The molecule has 0 heterocycles. The lowest BCUT2D eigenvalue weighted by molar-refractivity contribution is 0.0875. The molecule has 0 saturated carbocycles. The van der Waals surface area contributed by atoms with Crippen molar-refractivity contribution in [1.29, 1.82) is 0 Å². The Hall–Kier alpha value is -0.810. The topological polar surface area (TPSA) is 29.1 Å². The molecule has 94 valence electrons. The molecule has 17 heavy (non-hydrogen) atoms. The molecule has 0 aliphatic rings. The van der Waals surface area contributed by atoms with Crippen LogP contribution in [0.2, 0.25) is 0 Å². The van der Waals surface area contributed by atoms with E-state index in [1.165, 1.54) is 6.07 Å². The van der Waals surface area contributed by atoms with Crippen LogP contribution in [0, 0.1) is 11.6 Å². The molecule has 0 bridgehead atoms. The highest BCUT2D eigenvalue weighted by Gasteiger charge is 2.32. The van der Waals surface area contributed by atoms with E-state index in [0.717, 1.165) is 6.07 Å². The lowest BCUT2D eigenvalue weighted by Crippen LogP contribution is -2.47. The van der Waals surface area contributed by atoms with Crippen LogP contribution in [0.5, 0.6) is 0 Å². The van der Waals surface area contributed by atoms with E-state index in [2.05, 4.69) is 21.2 Å². The summed E-state index contributed by atoms with van der Waals surface area (Å²) < 4.78 is 27.4. The van der Waals surface area contributed by atoms with Crippen molar-refractivity contribution in [2.24, 2.45) is 0 Å². The number of halogens is 3. The molecule has 2 nitrogen and oxygen atoms in total. The number of ketones is 1. The SMILES string of the molecule is CCNC(C)(C)C(=O)c1c(F)ccc(Br)c1F. The van der Waals surface area contributed by atoms with Crippen molar-refractivity contribution in [1.82, 2.24) is 5.32 Å². The Morgan fingerprint density at radius 3 is 2.53 bits per heavy atom. The molecule has 1 N–H and O–H groups in total. The third-order valence-electron chi connectivity index (χ3n) is 2.46. The van der Waals surface area contributed by atoms with Gasteiger partial charge in [0.05, 0.1) is 15.6 Å². The van der Waals surface area contributed by atoms with Gasteiger partial charge in [0.15, 0.2) is 11.6 Å². The van der Waals surface area contributed by atoms with Gasteiger partial charge in [-0.1, -0.05) is 6.92 Å². The van der Waals surface area contributed by atoms with Gasteiger partial charge in [-0.3, -0.25) is 4.79 Å². The van der Waals surface area contributed by atoms with Crippen molar-refractivity contribution in [2.45, 2.75) is 26.3 Å². The summed E-state index contributed by atoms with van der Waals surface area (Å²) in [6.45, 7) is 5.55. The molecular formula is C12H14BrF2NO. The van der Waals surface area contributed by atoms with Crippen molar-refractivity contribution in [3.8, 4) is 0 Å². The van der Waals surface area contributed by atoms with Crippen LogP contribution in [0.25, 0.3) is 0 Å². The Bertz CT molecular complexity index is 446. The lowest BCUT2D eigenvalue weighted by Gasteiger charge is -2.24. The first-order chi connectivity index (χ1) is 7.81. The van der Waals surface area contributed by atoms with Crippen LogP contribution in [0.4, 0.5) is 8.78 Å². The third kappa shape index (κ3) is 2.90. The number of benzene rings is 1. The maximum Gasteiger partial charge on any atom is 0.188 e. The maximum absolute atomic E-state index is 13.7. The van der Waals surface area contributed by atoms with E-state index >= 15 is 0 Å². The molecule has 0 spiro atoms. The zero-order valence-electron chi connectivity index (χ0n) is 9.90. The molecule has 0 fully saturated rings. The summed E-state index contributed by atoms with van der Waals surface area (Å²) in [6, 6.07) is 2.31. The number of carbonyl (C=O) groups is 1. The average Bonchev–Trinajstić information content (AvgIpc) is 2.24. The molecule has 0 saturated heterocycles. The van der Waals surface area contributed by atoms with Crippen LogP contribution in [-0.4, -0.2) is 17.9 Å². The van der Waals surface area contributed by atoms with Crippen LogP contribution in [0.1, 0.15) is 31.1 Å². The van der Waals surface area contributed by atoms with E-state index in [-0.39, 0.29) is 4.47 Å². The smallest absolute Gasteiger partial charge is 0.188 e. The number of Topliss-reactive ketones (excluding diaryl/α,β-unsaturated/α-hetero) is 1. The third-order valence-corrected chi connectivity index (χ3v) is 3.07. The second-order valence-corrected chi connectivity index (χ2v) is 5.06. The summed E-state index contributed by atoms with van der Waals surface area (Å²) >= 11 is 2.94. The van der Waals surface area contributed by atoms with Gasteiger partial charge in [-0.05, 0) is 48.5 Å². The molecule has 0 aromatic heterocycles. The normalized spacial score (nSPS) is 11.6. The fourth-order valence-electron chi connectivity index (χ4n) is 1.57. The summed E-state index contributed by atoms with van der Waals surface area (Å²) in [7, 11) is 0. The van der Waals surface area contributed by atoms with E-state index in [1.54, 1.807) is 13.8 Å². The average molecular weight is 306 g/mol. The predicted octanol–water partition coefficient (Wildman–Crippen LogP) is 3.30. The van der Waals surface area contributed by atoms with E-state index in [9.17, 15) is 13.6 Å². The highest BCUT2D eigenvalue weighted by Crippen LogP contribution is 2.25. The van der Waals surface area contributed by atoms with E-state index < -0.39 is 28.5 Å². The van der Waals surface area contributed by atoms with Crippen LogP contribution in [-0.2, 0) is 0 Å². The molecule has 1 aromatic rings. The van der Waals surface area contributed by atoms with Crippen molar-refractivity contribution < 1.29 is 13.6 Å². The Morgan fingerprint density at radius 2 is 2.00 bits per heavy atom. The first-order valence-electron chi connectivity index (χ1n) is 5.24. The van der Waals surface area contributed by atoms with Gasteiger partial charge in [-0.15, -0.1) is 0 Å². The molecule has 0 radical (unpaired) electrons. The summed E-state index contributed by atoms with van der Waals surface area (Å²) in [4.78, 5) is 12.1. The van der Waals surface area contributed by atoms with Gasteiger partial charge in [-0.25, -0.2) is 8.78 Å². The van der Waals surface area contributed by atoms with Gasteiger partial charge < -0.3 is 5.32 Å². The van der Waals surface area contributed by atoms with Gasteiger partial charge >= 0.3 is 0 Å². The second-order valence-electron chi connectivity index (χ2n) is 4.20. The standard InChI is InChI=1S/C12H14BrF2NO/c1-4-16-12(2,3)11(17)9-8(14)6-5-7(13)10(9)15/h5-6,16H,4H2,1-3H3. The minimum atomic E-state index is -1.00. The highest BCUT2D eigenvalue weighted by atomic mass is 79.9. The van der Waals surface area contributed by atoms with Crippen molar-refractivity contribution in [3.63, 3.8) is 0 Å². The molecule has 1 rings (SSSR count). The molecule has 0 unspecified atom stereocenters. The predicted molar refractivity (Wildman–Crippen MR) is 66.1 cm³/mol. The Morgan fingerprint density at radius 1 is 1.41 bits per heavy atom. The number of hydrogen-bond acceptors (Lipinski definition) is 2. The fraction of sp³-hybridized carbons (Fsp3) is 0.417. The monoisotopic (exact) mass is 305 g/mol. The van der Waals surface area contributed by atoms with Gasteiger partial charge in [-0.2, -0.15) is 0 Å². The van der Waals surface area contributed by atoms with Crippen molar-refractivity contribution in [2.75, 3.05) is 6.54 Å². The zero-order valence-corrected chi connectivity index (χ0v) is 11.5. The minimum Gasteiger partial charge on any atom is -0.305 e.